The van der Waals surface area contributed by atoms with Gasteiger partial charge in [-0.1, -0.05) is 42.5 Å². The lowest BCUT2D eigenvalue weighted by Crippen LogP contribution is -2.39. The van der Waals surface area contributed by atoms with Gasteiger partial charge in [-0.2, -0.15) is 4.31 Å². The number of para-hydroxylation sites is 2. The Labute approximate surface area is 169 Å². The van der Waals surface area contributed by atoms with Crippen LogP contribution in [0.4, 0.5) is 11.4 Å². The second-order valence-electron chi connectivity index (χ2n) is 6.07. The van der Waals surface area contributed by atoms with Crippen LogP contribution in [0.5, 0.6) is 0 Å². The van der Waals surface area contributed by atoms with Crippen molar-refractivity contribution >= 4 is 33.4 Å². The molecule has 0 aliphatic heterocycles. The van der Waals surface area contributed by atoms with Gasteiger partial charge in [0.2, 0.25) is 15.9 Å². The number of likely N-dealkylation sites (N-methyl/N-ethyl adjacent to an activating group) is 1. The highest BCUT2D eigenvalue weighted by molar-refractivity contribution is 7.92. The van der Waals surface area contributed by atoms with Crippen molar-refractivity contribution in [2.45, 2.75) is 0 Å². The Kier molecular flexibility index (Phi) is 7.87. The molecule has 0 atom stereocenters. The second kappa shape index (κ2) is 10.3. The van der Waals surface area contributed by atoms with E-state index in [-0.39, 0.29) is 25.3 Å². The van der Waals surface area contributed by atoms with Gasteiger partial charge in [-0.25, -0.2) is 8.42 Å². The number of nitrogens with zero attached hydrogens (tertiary/aromatic N) is 2. The molecular weight excluding hydrogens is 396 g/mol. The van der Waals surface area contributed by atoms with Crippen LogP contribution in [0.25, 0.3) is 6.08 Å². The number of hydrogen-bond donors (Lipinski definition) is 2. The molecule has 0 heterocycles. The number of carbonyl (C=O) groups excluding carboxylic acids is 1. The number of carbonyl (C=O) groups is 1. The lowest BCUT2D eigenvalue weighted by molar-refractivity contribution is -0.384. The van der Waals surface area contributed by atoms with E-state index in [1.807, 2.05) is 6.07 Å². The predicted octanol–water partition coefficient (Wildman–Crippen LogP) is 2.06. The van der Waals surface area contributed by atoms with Gasteiger partial charge >= 0.3 is 0 Å². The van der Waals surface area contributed by atoms with Crippen molar-refractivity contribution in [3.05, 3.63) is 75.7 Å². The van der Waals surface area contributed by atoms with E-state index >= 15 is 0 Å². The molecule has 2 rings (SSSR count). The van der Waals surface area contributed by atoms with Crippen LogP contribution >= 0.6 is 0 Å². The number of rotatable bonds is 10. The van der Waals surface area contributed by atoms with E-state index in [1.165, 1.54) is 19.2 Å². The van der Waals surface area contributed by atoms with Gasteiger partial charge in [0.1, 0.15) is 5.69 Å². The van der Waals surface area contributed by atoms with Crippen molar-refractivity contribution in [1.82, 2.24) is 9.62 Å². The van der Waals surface area contributed by atoms with Gasteiger partial charge in [-0.05, 0) is 17.7 Å². The molecule has 1 amide bonds. The summed E-state index contributed by atoms with van der Waals surface area (Å²) in [7, 11) is -2.43. The molecule has 9 nitrogen and oxygen atoms in total. The third-order valence-corrected chi connectivity index (χ3v) is 5.37. The van der Waals surface area contributed by atoms with Crippen LogP contribution in [0.2, 0.25) is 0 Å². The number of hydrogen-bond acceptors (Lipinski definition) is 6. The van der Waals surface area contributed by atoms with Crippen LogP contribution in [0.15, 0.2) is 60.0 Å². The highest BCUT2D eigenvalue weighted by atomic mass is 32.2. The van der Waals surface area contributed by atoms with Crippen molar-refractivity contribution < 1.29 is 18.1 Å². The van der Waals surface area contributed by atoms with E-state index in [9.17, 15) is 23.3 Å². The Balaban J connectivity index is 1.80. The summed E-state index contributed by atoms with van der Waals surface area (Å²) in [4.78, 5) is 22.4. The molecule has 0 spiro atoms. The van der Waals surface area contributed by atoms with Crippen LogP contribution in [-0.2, 0) is 14.8 Å². The van der Waals surface area contributed by atoms with Gasteiger partial charge in [0.25, 0.3) is 5.69 Å². The van der Waals surface area contributed by atoms with E-state index < -0.39 is 20.9 Å². The molecule has 0 saturated heterocycles. The van der Waals surface area contributed by atoms with Crippen molar-refractivity contribution in [3.8, 4) is 0 Å². The third kappa shape index (κ3) is 7.01. The Morgan fingerprint density at radius 3 is 2.45 bits per heavy atom. The van der Waals surface area contributed by atoms with Gasteiger partial charge in [0, 0.05) is 31.6 Å². The molecule has 2 N–H and O–H groups in total. The zero-order chi connectivity index (χ0) is 21.3. The van der Waals surface area contributed by atoms with E-state index in [4.69, 9.17) is 0 Å². The molecule has 2 aromatic rings. The molecule has 0 aliphatic rings. The molecular formula is C19H22N4O5S. The monoisotopic (exact) mass is 418 g/mol. The number of anilines is 1. The molecule has 0 aromatic heterocycles. The number of nitrogens with one attached hydrogen (secondary N) is 2. The standard InChI is InChI=1S/C19H22N4O5S/c1-22(29(27,28)14-11-16-7-3-2-4-8-16)15-19(24)21-13-12-20-17-9-5-6-10-18(17)23(25)26/h2-11,14,20H,12-13,15H2,1H3,(H,21,24)/b14-11+. The van der Waals surface area contributed by atoms with Crippen LogP contribution in [-0.4, -0.2) is 50.2 Å². The maximum Gasteiger partial charge on any atom is 0.292 e. The first-order chi connectivity index (χ1) is 13.8. The SMILES string of the molecule is CN(CC(=O)NCCNc1ccccc1[N+](=O)[O-])S(=O)(=O)/C=C/c1ccccc1. The zero-order valence-electron chi connectivity index (χ0n) is 15.8. The molecule has 10 heteroatoms. The molecule has 0 unspecified atom stereocenters. The van der Waals surface area contributed by atoms with Crippen molar-refractivity contribution in [2.75, 3.05) is 32.0 Å². The Bertz CT molecular complexity index is 977. The smallest absolute Gasteiger partial charge is 0.292 e. The lowest BCUT2D eigenvalue weighted by Gasteiger charge is -2.14. The average Bonchev–Trinajstić information content (AvgIpc) is 2.70. The Hall–Kier alpha value is -3.24. The van der Waals surface area contributed by atoms with Crippen molar-refractivity contribution in [2.24, 2.45) is 0 Å². The maximum absolute atomic E-state index is 12.2. The van der Waals surface area contributed by atoms with Crippen LogP contribution in [0.1, 0.15) is 5.56 Å². The highest BCUT2D eigenvalue weighted by Crippen LogP contribution is 2.22. The van der Waals surface area contributed by atoms with Crippen LogP contribution in [0, 0.1) is 10.1 Å². The van der Waals surface area contributed by atoms with Crippen molar-refractivity contribution in [3.63, 3.8) is 0 Å². The molecule has 154 valence electrons. The minimum Gasteiger partial charge on any atom is -0.378 e. The van der Waals surface area contributed by atoms with Gasteiger partial charge in [-0.3, -0.25) is 14.9 Å². The number of nitro benzene ring substituents is 1. The van der Waals surface area contributed by atoms with E-state index in [1.54, 1.807) is 42.5 Å². The molecule has 2 aromatic carbocycles. The molecule has 0 saturated carbocycles. The number of sulfonamides is 1. The van der Waals surface area contributed by atoms with Gasteiger partial charge in [-0.15, -0.1) is 0 Å². The van der Waals surface area contributed by atoms with E-state index in [0.717, 1.165) is 15.3 Å². The topological polar surface area (TPSA) is 122 Å². The summed E-state index contributed by atoms with van der Waals surface area (Å²) >= 11 is 0. The fourth-order valence-electron chi connectivity index (χ4n) is 2.36. The van der Waals surface area contributed by atoms with Gasteiger partial charge < -0.3 is 10.6 Å². The van der Waals surface area contributed by atoms with Crippen LogP contribution < -0.4 is 10.6 Å². The molecule has 0 aliphatic carbocycles. The fourth-order valence-corrected chi connectivity index (χ4v) is 3.20. The Morgan fingerprint density at radius 1 is 1.10 bits per heavy atom. The summed E-state index contributed by atoms with van der Waals surface area (Å²) in [6, 6.07) is 15.1. The number of benzene rings is 2. The number of amides is 1. The highest BCUT2D eigenvalue weighted by Gasteiger charge is 2.17. The predicted molar refractivity (Wildman–Crippen MR) is 112 cm³/mol. The molecule has 0 radical (unpaired) electrons. The second-order valence-corrected chi connectivity index (χ2v) is 7.99. The normalized spacial score (nSPS) is 11.5. The summed E-state index contributed by atoms with van der Waals surface area (Å²) in [5, 5.41) is 17.4. The van der Waals surface area contributed by atoms with Gasteiger partial charge in [0.15, 0.2) is 0 Å². The van der Waals surface area contributed by atoms with E-state index in [2.05, 4.69) is 10.6 Å². The zero-order valence-corrected chi connectivity index (χ0v) is 16.6. The fraction of sp³-hybridized carbons (Fsp3) is 0.211. The lowest BCUT2D eigenvalue weighted by atomic mass is 10.2. The first-order valence-corrected chi connectivity index (χ1v) is 10.2. The summed E-state index contributed by atoms with van der Waals surface area (Å²) in [6.07, 6.45) is 1.46. The molecule has 0 fully saturated rings. The molecule has 0 bridgehead atoms. The average molecular weight is 418 g/mol. The third-order valence-electron chi connectivity index (χ3n) is 3.90. The van der Waals surface area contributed by atoms with E-state index in [0.29, 0.717) is 5.69 Å². The molecule has 29 heavy (non-hydrogen) atoms. The quantitative estimate of drug-likeness (QED) is 0.346. The minimum absolute atomic E-state index is 0.0603. The first kappa shape index (κ1) is 22.1. The van der Waals surface area contributed by atoms with Gasteiger partial charge in [0.05, 0.1) is 11.5 Å². The summed E-state index contributed by atoms with van der Waals surface area (Å²) in [5.41, 5.74) is 1.02. The maximum atomic E-state index is 12.2. The summed E-state index contributed by atoms with van der Waals surface area (Å²) in [5.74, 6) is -0.478. The largest absolute Gasteiger partial charge is 0.378 e. The summed E-state index contributed by atoms with van der Waals surface area (Å²) in [6.45, 7) is 0.0898. The minimum atomic E-state index is -3.74. The first-order valence-electron chi connectivity index (χ1n) is 8.73. The van der Waals surface area contributed by atoms with Crippen LogP contribution in [0.3, 0.4) is 0 Å². The number of nitro groups is 1. The van der Waals surface area contributed by atoms with Crippen molar-refractivity contribution in [1.29, 1.82) is 0 Å². The summed E-state index contributed by atoms with van der Waals surface area (Å²) < 4.78 is 25.4. The Morgan fingerprint density at radius 2 is 1.76 bits per heavy atom.